The molecule has 1 aromatic rings. The number of rotatable bonds is 2. The molecule has 0 amide bonds. The van der Waals surface area contributed by atoms with Gasteiger partial charge in [-0.3, -0.25) is 10.1 Å². The zero-order valence-corrected chi connectivity index (χ0v) is 9.85. The van der Waals surface area contributed by atoms with Gasteiger partial charge in [0.15, 0.2) is 0 Å². The van der Waals surface area contributed by atoms with Crippen LogP contribution >= 0.6 is 0 Å². The molecule has 1 aliphatic rings. The third-order valence-corrected chi connectivity index (χ3v) is 2.90. The van der Waals surface area contributed by atoms with E-state index in [1.807, 2.05) is 0 Å². The second-order valence-electron chi connectivity index (χ2n) is 4.12. The third kappa shape index (κ3) is 2.71. The van der Waals surface area contributed by atoms with Gasteiger partial charge in [-0.25, -0.2) is 4.98 Å². The van der Waals surface area contributed by atoms with Crippen molar-refractivity contribution < 1.29 is 4.92 Å². The summed E-state index contributed by atoms with van der Waals surface area (Å²) < 4.78 is 0. The lowest BCUT2D eigenvalue weighted by atomic mass is 10.3. The average molecular weight is 236 g/mol. The van der Waals surface area contributed by atoms with E-state index in [0.29, 0.717) is 5.69 Å². The first kappa shape index (κ1) is 11.8. The number of hydrogen-bond acceptors (Lipinski definition) is 5. The Morgan fingerprint density at radius 1 is 1.41 bits per heavy atom. The first-order chi connectivity index (χ1) is 8.18. The highest BCUT2D eigenvalue weighted by Crippen LogP contribution is 2.20. The van der Waals surface area contributed by atoms with Crippen molar-refractivity contribution in [2.75, 3.05) is 31.1 Å². The predicted octanol–water partition coefficient (Wildman–Crippen LogP) is 1.10. The van der Waals surface area contributed by atoms with Gasteiger partial charge in [0.1, 0.15) is 11.5 Å². The molecule has 1 fully saturated rings. The van der Waals surface area contributed by atoms with E-state index in [1.165, 1.54) is 6.07 Å². The first-order valence-corrected chi connectivity index (χ1v) is 5.76. The van der Waals surface area contributed by atoms with Crippen molar-refractivity contribution in [1.82, 2.24) is 10.3 Å². The third-order valence-electron chi connectivity index (χ3n) is 2.90. The lowest BCUT2D eigenvalue weighted by Gasteiger charge is -2.21. The Bertz CT molecular complexity index is 414. The normalized spacial score (nSPS) is 16.6. The van der Waals surface area contributed by atoms with Gasteiger partial charge in [-0.15, -0.1) is 0 Å². The zero-order valence-electron chi connectivity index (χ0n) is 9.85. The first-order valence-electron chi connectivity index (χ1n) is 5.76. The number of anilines is 1. The molecule has 1 saturated heterocycles. The molecule has 0 spiro atoms. The van der Waals surface area contributed by atoms with Crippen LogP contribution in [0, 0.1) is 17.0 Å². The van der Waals surface area contributed by atoms with E-state index in [2.05, 4.69) is 15.2 Å². The number of hydrogen-bond donors (Lipinski definition) is 1. The Labute approximate surface area is 99.8 Å². The average Bonchev–Trinajstić information content (AvgIpc) is 2.56. The van der Waals surface area contributed by atoms with E-state index >= 15 is 0 Å². The molecule has 0 saturated carbocycles. The number of aryl methyl sites for hydroxylation is 1. The molecule has 0 bridgehead atoms. The van der Waals surface area contributed by atoms with Gasteiger partial charge in [-0.1, -0.05) is 0 Å². The maximum Gasteiger partial charge on any atom is 0.290 e. The Morgan fingerprint density at radius 3 is 2.94 bits per heavy atom. The molecular weight excluding hydrogens is 220 g/mol. The van der Waals surface area contributed by atoms with Gasteiger partial charge >= 0.3 is 0 Å². The van der Waals surface area contributed by atoms with Crippen LogP contribution < -0.4 is 10.2 Å². The standard InChI is InChI=1S/C11H16N4O2/c1-9-10(15(16)17)3-4-11(13-9)14-7-2-5-12-6-8-14/h3-4,12H,2,5-8H2,1H3. The molecule has 17 heavy (non-hydrogen) atoms. The molecule has 0 aliphatic carbocycles. The summed E-state index contributed by atoms with van der Waals surface area (Å²) >= 11 is 0. The fourth-order valence-corrected chi connectivity index (χ4v) is 1.98. The van der Waals surface area contributed by atoms with Gasteiger partial charge in [0, 0.05) is 25.7 Å². The molecule has 0 unspecified atom stereocenters. The molecule has 2 rings (SSSR count). The molecule has 0 radical (unpaired) electrons. The minimum Gasteiger partial charge on any atom is -0.355 e. The zero-order chi connectivity index (χ0) is 12.3. The summed E-state index contributed by atoms with van der Waals surface area (Å²) in [5.41, 5.74) is 0.561. The van der Waals surface area contributed by atoms with E-state index in [1.54, 1.807) is 13.0 Å². The van der Waals surface area contributed by atoms with Crippen LogP contribution in [0.3, 0.4) is 0 Å². The molecule has 1 aliphatic heterocycles. The van der Waals surface area contributed by atoms with Crippen molar-refractivity contribution in [2.45, 2.75) is 13.3 Å². The summed E-state index contributed by atoms with van der Waals surface area (Å²) in [5, 5.41) is 14.0. The van der Waals surface area contributed by atoms with Crippen LogP contribution in [0.15, 0.2) is 12.1 Å². The van der Waals surface area contributed by atoms with E-state index in [4.69, 9.17) is 0 Å². The van der Waals surface area contributed by atoms with E-state index in [0.717, 1.165) is 38.4 Å². The number of nitrogens with one attached hydrogen (secondary N) is 1. The van der Waals surface area contributed by atoms with Crippen molar-refractivity contribution in [2.24, 2.45) is 0 Å². The van der Waals surface area contributed by atoms with Gasteiger partial charge in [0.25, 0.3) is 5.69 Å². The predicted molar refractivity (Wildman–Crippen MR) is 65.3 cm³/mol. The Balaban J connectivity index is 2.21. The maximum atomic E-state index is 10.7. The smallest absolute Gasteiger partial charge is 0.290 e. The van der Waals surface area contributed by atoms with Gasteiger partial charge in [-0.05, 0) is 26.0 Å². The Morgan fingerprint density at radius 2 is 2.24 bits per heavy atom. The fourth-order valence-electron chi connectivity index (χ4n) is 1.98. The van der Waals surface area contributed by atoms with E-state index < -0.39 is 4.92 Å². The number of pyridine rings is 1. The summed E-state index contributed by atoms with van der Waals surface area (Å²) in [7, 11) is 0. The van der Waals surface area contributed by atoms with Crippen molar-refractivity contribution in [3.63, 3.8) is 0 Å². The van der Waals surface area contributed by atoms with Gasteiger partial charge in [0.2, 0.25) is 0 Å². The van der Waals surface area contributed by atoms with Crippen molar-refractivity contribution >= 4 is 11.5 Å². The lowest BCUT2D eigenvalue weighted by Crippen LogP contribution is -2.28. The Kier molecular flexibility index (Phi) is 3.53. The van der Waals surface area contributed by atoms with Crippen LogP contribution in [0.4, 0.5) is 11.5 Å². The molecule has 2 heterocycles. The summed E-state index contributed by atoms with van der Waals surface area (Å²) in [6.07, 6.45) is 1.07. The van der Waals surface area contributed by atoms with Gasteiger partial charge in [-0.2, -0.15) is 0 Å². The fraction of sp³-hybridized carbons (Fsp3) is 0.545. The van der Waals surface area contributed by atoms with Crippen molar-refractivity contribution in [3.8, 4) is 0 Å². The van der Waals surface area contributed by atoms with Crippen LogP contribution in [-0.4, -0.2) is 36.1 Å². The van der Waals surface area contributed by atoms with Crippen LogP contribution in [-0.2, 0) is 0 Å². The van der Waals surface area contributed by atoms with Gasteiger partial charge in [0.05, 0.1) is 4.92 Å². The monoisotopic (exact) mass is 236 g/mol. The highest BCUT2D eigenvalue weighted by Gasteiger charge is 2.15. The van der Waals surface area contributed by atoms with E-state index in [9.17, 15) is 10.1 Å². The molecule has 1 N–H and O–H groups in total. The molecule has 6 heteroatoms. The lowest BCUT2D eigenvalue weighted by molar-refractivity contribution is -0.385. The number of nitro groups is 1. The minimum absolute atomic E-state index is 0.0849. The highest BCUT2D eigenvalue weighted by atomic mass is 16.6. The molecule has 0 atom stereocenters. The topological polar surface area (TPSA) is 71.3 Å². The molecular formula is C11H16N4O2. The largest absolute Gasteiger partial charge is 0.355 e. The van der Waals surface area contributed by atoms with Crippen LogP contribution in [0.2, 0.25) is 0 Å². The van der Waals surface area contributed by atoms with Crippen LogP contribution in [0.1, 0.15) is 12.1 Å². The molecule has 0 aromatic carbocycles. The summed E-state index contributed by atoms with van der Waals surface area (Å²) in [5.74, 6) is 0.830. The van der Waals surface area contributed by atoms with Crippen molar-refractivity contribution in [1.29, 1.82) is 0 Å². The van der Waals surface area contributed by atoms with E-state index in [-0.39, 0.29) is 5.69 Å². The highest BCUT2D eigenvalue weighted by molar-refractivity contribution is 5.46. The van der Waals surface area contributed by atoms with Gasteiger partial charge < -0.3 is 10.2 Å². The maximum absolute atomic E-state index is 10.7. The molecule has 6 nitrogen and oxygen atoms in total. The summed E-state index contributed by atoms with van der Waals surface area (Å²) in [6.45, 7) is 5.46. The van der Waals surface area contributed by atoms with Crippen LogP contribution in [0.5, 0.6) is 0 Å². The molecule has 1 aromatic heterocycles. The SMILES string of the molecule is Cc1nc(N2CCCNCC2)ccc1[N+](=O)[O-]. The van der Waals surface area contributed by atoms with Crippen molar-refractivity contribution in [3.05, 3.63) is 27.9 Å². The second kappa shape index (κ2) is 5.09. The quantitative estimate of drug-likeness (QED) is 0.615. The van der Waals surface area contributed by atoms with Crippen LogP contribution in [0.25, 0.3) is 0 Å². The number of aromatic nitrogens is 1. The molecule has 92 valence electrons. The second-order valence-corrected chi connectivity index (χ2v) is 4.12. The number of nitrogens with zero attached hydrogens (tertiary/aromatic N) is 3. The minimum atomic E-state index is -0.393. The Hall–Kier alpha value is -1.69. The summed E-state index contributed by atoms with van der Waals surface area (Å²) in [6, 6.07) is 3.27. The summed E-state index contributed by atoms with van der Waals surface area (Å²) in [4.78, 5) is 16.8.